The van der Waals surface area contributed by atoms with Crippen molar-refractivity contribution in [2.45, 2.75) is 32.4 Å². The monoisotopic (exact) mass is 239 g/mol. The smallest absolute Gasteiger partial charge is 0.371 e. The van der Waals surface area contributed by atoms with Crippen LogP contribution < -0.4 is 0 Å². The molecule has 2 heterocycles. The second kappa shape index (κ2) is 4.89. The number of aromatic carboxylic acids is 1. The molecular formula is C12H17NO4. The summed E-state index contributed by atoms with van der Waals surface area (Å²) in [7, 11) is 0. The number of carbonyl (C=O) groups is 1. The molecule has 1 aromatic heterocycles. The van der Waals surface area contributed by atoms with Crippen LogP contribution in [0.15, 0.2) is 10.5 Å². The summed E-state index contributed by atoms with van der Waals surface area (Å²) in [5.74, 6) is -0.414. The molecule has 1 unspecified atom stereocenters. The molecule has 1 saturated heterocycles. The van der Waals surface area contributed by atoms with Crippen LogP contribution in [-0.4, -0.2) is 40.3 Å². The minimum Gasteiger partial charge on any atom is -0.475 e. The van der Waals surface area contributed by atoms with Crippen LogP contribution in [0.2, 0.25) is 0 Å². The van der Waals surface area contributed by atoms with Crippen molar-refractivity contribution in [3.05, 3.63) is 23.2 Å². The number of nitrogens with zero attached hydrogens (tertiary/aromatic N) is 1. The number of furan rings is 1. The Labute approximate surface area is 99.6 Å². The third kappa shape index (κ3) is 2.50. The second-order valence-electron chi connectivity index (χ2n) is 4.45. The van der Waals surface area contributed by atoms with Crippen LogP contribution in [0, 0.1) is 6.92 Å². The molecule has 2 rings (SSSR count). The normalized spacial score (nSPS) is 20.9. The van der Waals surface area contributed by atoms with Crippen molar-refractivity contribution in [1.82, 2.24) is 4.90 Å². The summed E-state index contributed by atoms with van der Waals surface area (Å²) < 4.78 is 5.17. The van der Waals surface area contributed by atoms with Gasteiger partial charge in [0.25, 0.3) is 0 Å². The minimum absolute atomic E-state index is 0.0164. The zero-order chi connectivity index (χ0) is 12.4. The quantitative estimate of drug-likeness (QED) is 0.827. The van der Waals surface area contributed by atoms with Crippen molar-refractivity contribution < 1.29 is 19.4 Å². The van der Waals surface area contributed by atoms with Crippen LogP contribution in [0.4, 0.5) is 0 Å². The first kappa shape index (κ1) is 12.1. The van der Waals surface area contributed by atoms with Gasteiger partial charge in [0, 0.05) is 18.2 Å². The highest BCUT2D eigenvalue weighted by molar-refractivity contribution is 5.84. The largest absolute Gasteiger partial charge is 0.475 e. The van der Waals surface area contributed by atoms with Crippen LogP contribution in [0.1, 0.15) is 34.7 Å². The van der Waals surface area contributed by atoms with Crippen LogP contribution in [-0.2, 0) is 6.54 Å². The summed E-state index contributed by atoms with van der Waals surface area (Å²) in [5, 5.41) is 18.1. The molecule has 0 aliphatic carbocycles. The van der Waals surface area contributed by atoms with E-state index in [9.17, 15) is 9.90 Å². The summed E-state index contributed by atoms with van der Waals surface area (Å²) in [6, 6.07) is 1.77. The van der Waals surface area contributed by atoms with E-state index in [-0.39, 0.29) is 18.4 Å². The molecule has 1 aromatic rings. The van der Waals surface area contributed by atoms with Crippen LogP contribution in [0.5, 0.6) is 0 Å². The lowest BCUT2D eigenvalue weighted by Crippen LogP contribution is -2.31. The minimum atomic E-state index is -1.04. The van der Waals surface area contributed by atoms with Gasteiger partial charge in [0.05, 0.1) is 6.61 Å². The number of hydrogen-bond donors (Lipinski definition) is 2. The zero-order valence-corrected chi connectivity index (χ0v) is 9.85. The maximum absolute atomic E-state index is 10.8. The van der Waals surface area contributed by atoms with E-state index in [1.165, 1.54) is 0 Å². The van der Waals surface area contributed by atoms with Gasteiger partial charge in [-0.15, -0.1) is 0 Å². The van der Waals surface area contributed by atoms with Crippen molar-refractivity contribution >= 4 is 5.97 Å². The predicted octanol–water partition coefficient (Wildman–Crippen LogP) is 1.24. The molecule has 5 heteroatoms. The summed E-state index contributed by atoms with van der Waals surface area (Å²) in [6.45, 7) is 3.51. The van der Waals surface area contributed by atoms with E-state index in [0.29, 0.717) is 12.3 Å². The predicted molar refractivity (Wildman–Crippen MR) is 60.9 cm³/mol. The Bertz CT molecular complexity index is 413. The Morgan fingerprint density at radius 2 is 2.41 bits per heavy atom. The summed E-state index contributed by atoms with van der Waals surface area (Å²) >= 11 is 0. The first-order valence-corrected chi connectivity index (χ1v) is 5.79. The van der Waals surface area contributed by atoms with Gasteiger partial charge >= 0.3 is 5.97 Å². The van der Waals surface area contributed by atoms with E-state index in [2.05, 4.69) is 4.90 Å². The Balaban J connectivity index is 2.10. The van der Waals surface area contributed by atoms with E-state index in [0.717, 1.165) is 24.9 Å². The molecule has 1 aliphatic rings. The van der Waals surface area contributed by atoms with E-state index in [4.69, 9.17) is 9.52 Å². The molecule has 17 heavy (non-hydrogen) atoms. The summed E-state index contributed by atoms with van der Waals surface area (Å²) in [6.07, 6.45) is 2.08. The van der Waals surface area contributed by atoms with Gasteiger partial charge < -0.3 is 14.6 Å². The Morgan fingerprint density at radius 3 is 3.00 bits per heavy atom. The second-order valence-corrected chi connectivity index (χ2v) is 4.45. The number of aliphatic hydroxyl groups excluding tert-OH is 1. The van der Waals surface area contributed by atoms with Gasteiger partial charge in [-0.3, -0.25) is 4.90 Å². The third-order valence-corrected chi connectivity index (χ3v) is 3.31. The third-order valence-electron chi connectivity index (χ3n) is 3.31. The van der Waals surface area contributed by atoms with Crippen molar-refractivity contribution in [2.75, 3.05) is 13.2 Å². The summed E-state index contributed by atoms with van der Waals surface area (Å²) in [5.41, 5.74) is 0.891. The number of likely N-dealkylation sites (tertiary alicyclic amines) is 1. The number of aryl methyl sites for hydroxylation is 1. The summed E-state index contributed by atoms with van der Waals surface area (Å²) in [4.78, 5) is 12.9. The molecule has 0 saturated carbocycles. The van der Waals surface area contributed by atoms with Gasteiger partial charge in [-0.2, -0.15) is 0 Å². The van der Waals surface area contributed by atoms with Gasteiger partial charge in [0.15, 0.2) is 0 Å². The molecule has 1 atom stereocenters. The van der Waals surface area contributed by atoms with E-state index >= 15 is 0 Å². The molecule has 5 nitrogen and oxygen atoms in total. The first-order chi connectivity index (χ1) is 8.11. The lowest BCUT2D eigenvalue weighted by molar-refractivity contribution is 0.0661. The maximum Gasteiger partial charge on any atom is 0.371 e. The average Bonchev–Trinajstić information content (AvgIpc) is 2.87. The highest BCUT2D eigenvalue weighted by atomic mass is 16.4. The molecule has 1 aliphatic heterocycles. The number of rotatable bonds is 4. The van der Waals surface area contributed by atoms with Gasteiger partial charge in [-0.05, 0) is 32.4 Å². The van der Waals surface area contributed by atoms with E-state index in [1.54, 1.807) is 13.0 Å². The van der Waals surface area contributed by atoms with Crippen LogP contribution in [0.25, 0.3) is 0 Å². The van der Waals surface area contributed by atoms with Crippen molar-refractivity contribution in [3.63, 3.8) is 0 Å². The highest BCUT2D eigenvalue weighted by Gasteiger charge is 2.25. The van der Waals surface area contributed by atoms with Gasteiger partial charge in [0.1, 0.15) is 5.76 Å². The molecule has 0 bridgehead atoms. The molecule has 0 radical (unpaired) electrons. The Kier molecular flexibility index (Phi) is 3.49. The zero-order valence-electron chi connectivity index (χ0n) is 9.85. The van der Waals surface area contributed by atoms with E-state index < -0.39 is 5.97 Å². The van der Waals surface area contributed by atoms with Crippen LogP contribution in [0.3, 0.4) is 0 Å². The lowest BCUT2D eigenvalue weighted by Gasteiger charge is -2.21. The topological polar surface area (TPSA) is 73.9 Å². The SMILES string of the molecule is Cc1oc(C(=O)O)cc1CN1CCCC1CO. The molecule has 94 valence electrons. The highest BCUT2D eigenvalue weighted by Crippen LogP contribution is 2.23. The maximum atomic E-state index is 10.8. The van der Waals surface area contributed by atoms with Crippen molar-refractivity contribution in [3.8, 4) is 0 Å². The molecular weight excluding hydrogens is 222 g/mol. The molecule has 0 spiro atoms. The lowest BCUT2D eigenvalue weighted by atomic mass is 10.2. The number of hydrogen-bond acceptors (Lipinski definition) is 4. The van der Waals surface area contributed by atoms with E-state index in [1.807, 2.05) is 0 Å². The molecule has 0 amide bonds. The van der Waals surface area contributed by atoms with Crippen molar-refractivity contribution in [1.29, 1.82) is 0 Å². The fourth-order valence-electron chi connectivity index (χ4n) is 2.31. The number of aliphatic hydroxyl groups is 1. The fourth-order valence-corrected chi connectivity index (χ4v) is 2.31. The number of carboxylic acid groups (broad SMARTS) is 1. The Hall–Kier alpha value is -1.33. The standard InChI is InChI=1S/C12H17NO4/c1-8-9(5-11(17-8)12(15)16)6-13-4-2-3-10(13)7-14/h5,10,14H,2-4,6-7H2,1H3,(H,15,16). The molecule has 2 N–H and O–H groups in total. The molecule has 1 fully saturated rings. The fraction of sp³-hybridized carbons (Fsp3) is 0.583. The molecule has 0 aromatic carbocycles. The van der Waals surface area contributed by atoms with Gasteiger partial charge in [-0.25, -0.2) is 4.79 Å². The Morgan fingerprint density at radius 1 is 1.65 bits per heavy atom. The van der Waals surface area contributed by atoms with Crippen molar-refractivity contribution in [2.24, 2.45) is 0 Å². The first-order valence-electron chi connectivity index (χ1n) is 5.79. The van der Waals surface area contributed by atoms with Gasteiger partial charge in [-0.1, -0.05) is 0 Å². The number of carboxylic acids is 1. The average molecular weight is 239 g/mol. The van der Waals surface area contributed by atoms with Crippen LogP contribution >= 0.6 is 0 Å². The van der Waals surface area contributed by atoms with Gasteiger partial charge in [0.2, 0.25) is 5.76 Å².